The molecular weight excluding hydrogens is 232 g/mol. The second-order valence-electron chi connectivity index (χ2n) is 5.07. The van der Waals surface area contributed by atoms with Gasteiger partial charge in [-0.2, -0.15) is 4.37 Å². The fraction of sp³-hybridized carbons (Fsp3) is 0.833. The number of rotatable bonds is 3. The minimum absolute atomic E-state index is 0.604. The lowest BCUT2D eigenvalue weighted by Gasteiger charge is -2.34. The second-order valence-corrected chi connectivity index (χ2v) is 5.82. The molecule has 0 bridgehead atoms. The number of nitrogens with one attached hydrogen (secondary N) is 1. The maximum atomic E-state index is 4.49. The van der Waals surface area contributed by atoms with E-state index >= 15 is 0 Å². The molecule has 0 saturated carbocycles. The summed E-state index contributed by atoms with van der Waals surface area (Å²) in [6.45, 7) is 4.67. The molecule has 3 heterocycles. The second kappa shape index (κ2) is 4.90. The summed E-state index contributed by atoms with van der Waals surface area (Å²) in [5.74, 6) is 0.968. The third-order valence-electron chi connectivity index (χ3n) is 3.93. The van der Waals surface area contributed by atoms with Crippen molar-refractivity contribution in [2.75, 3.05) is 18.4 Å². The molecule has 0 spiro atoms. The van der Waals surface area contributed by atoms with Crippen LogP contribution in [0.4, 0.5) is 5.13 Å². The van der Waals surface area contributed by atoms with E-state index in [1.807, 2.05) is 0 Å². The van der Waals surface area contributed by atoms with E-state index in [9.17, 15) is 0 Å². The average molecular weight is 252 g/mol. The quantitative estimate of drug-likeness (QED) is 0.895. The Balaban J connectivity index is 1.58. The van der Waals surface area contributed by atoms with E-state index in [1.165, 1.54) is 50.3 Å². The van der Waals surface area contributed by atoms with Gasteiger partial charge in [0.1, 0.15) is 5.82 Å². The van der Waals surface area contributed by atoms with Gasteiger partial charge in [-0.1, -0.05) is 6.92 Å². The molecule has 0 amide bonds. The molecule has 2 aliphatic heterocycles. The van der Waals surface area contributed by atoms with Gasteiger partial charge in [-0.05, 0) is 32.2 Å². The molecule has 0 aromatic carbocycles. The van der Waals surface area contributed by atoms with Gasteiger partial charge in [0.05, 0.1) is 0 Å². The Bertz CT molecular complexity index is 378. The molecular formula is C12H20N4S. The molecule has 17 heavy (non-hydrogen) atoms. The summed E-state index contributed by atoms with van der Waals surface area (Å²) in [6.07, 6.45) is 6.22. The van der Waals surface area contributed by atoms with Crippen LogP contribution in [-0.4, -0.2) is 39.4 Å². The average Bonchev–Trinajstić information content (AvgIpc) is 2.96. The van der Waals surface area contributed by atoms with Crippen molar-refractivity contribution >= 4 is 16.7 Å². The van der Waals surface area contributed by atoms with Crippen LogP contribution in [0, 0.1) is 0 Å². The van der Waals surface area contributed by atoms with E-state index in [0.717, 1.165) is 23.4 Å². The highest BCUT2D eigenvalue weighted by Crippen LogP contribution is 2.28. The molecule has 0 aliphatic carbocycles. The number of fused-ring (bicyclic) bond motifs is 1. The molecule has 1 N–H and O–H groups in total. The predicted molar refractivity (Wildman–Crippen MR) is 70.5 cm³/mol. The number of aryl methyl sites for hydroxylation is 1. The maximum Gasteiger partial charge on any atom is 0.202 e. The van der Waals surface area contributed by atoms with Crippen molar-refractivity contribution in [3.05, 3.63) is 5.82 Å². The van der Waals surface area contributed by atoms with Crippen LogP contribution in [0.3, 0.4) is 0 Å². The zero-order valence-corrected chi connectivity index (χ0v) is 11.2. The Morgan fingerprint density at radius 2 is 2.35 bits per heavy atom. The van der Waals surface area contributed by atoms with Gasteiger partial charge in [0, 0.05) is 36.6 Å². The van der Waals surface area contributed by atoms with E-state index in [2.05, 4.69) is 26.5 Å². The topological polar surface area (TPSA) is 41.1 Å². The zero-order valence-electron chi connectivity index (χ0n) is 10.4. The van der Waals surface area contributed by atoms with Crippen LogP contribution >= 0.6 is 11.5 Å². The van der Waals surface area contributed by atoms with E-state index in [4.69, 9.17) is 0 Å². The van der Waals surface area contributed by atoms with E-state index < -0.39 is 0 Å². The number of hydrogen-bond acceptors (Lipinski definition) is 5. The first kappa shape index (κ1) is 11.4. The fourth-order valence-electron chi connectivity index (χ4n) is 2.99. The van der Waals surface area contributed by atoms with Gasteiger partial charge >= 0.3 is 0 Å². The van der Waals surface area contributed by atoms with Crippen molar-refractivity contribution in [2.45, 2.75) is 51.1 Å². The SMILES string of the molecule is CCc1nsc(NC2CCN3CCCC3C2)n1. The molecule has 3 rings (SSSR count). The smallest absolute Gasteiger partial charge is 0.202 e. The summed E-state index contributed by atoms with van der Waals surface area (Å²) in [4.78, 5) is 7.14. The summed E-state index contributed by atoms with van der Waals surface area (Å²) in [7, 11) is 0. The van der Waals surface area contributed by atoms with Crippen LogP contribution in [-0.2, 0) is 6.42 Å². The molecule has 2 unspecified atom stereocenters. The minimum atomic E-state index is 0.604. The molecule has 2 aliphatic rings. The van der Waals surface area contributed by atoms with E-state index in [0.29, 0.717) is 6.04 Å². The van der Waals surface area contributed by atoms with Gasteiger partial charge in [0.2, 0.25) is 5.13 Å². The first-order chi connectivity index (χ1) is 8.35. The number of nitrogens with zero attached hydrogens (tertiary/aromatic N) is 3. The van der Waals surface area contributed by atoms with Crippen molar-refractivity contribution in [3.8, 4) is 0 Å². The van der Waals surface area contributed by atoms with Gasteiger partial charge < -0.3 is 10.2 Å². The highest BCUT2D eigenvalue weighted by Gasteiger charge is 2.31. The predicted octanol–water partition coefficient (Wildman–Crippen LogP) is 2.14. The fourth-order valence-corrected chi connectivity index (χ4v) is 3.71. The Labute approximate surface area is 107 Å². The standard InChI is InChI=1S/C12H20N4S/c1-2-11-14-12(17-15-11)13-9-5-7-16-6-3-4-10(16)8-9/h9-10H,2-8H2,1H3,(H,13,14,15). The molecule has 2 saturated heterocycles. The van der Waals surface area contributed by atoms with Crippen molar-refractivity contribution in [2.24, 2.45) is 0 Å². The first-order valence-electron chi connectivity index (χ1n) is 6.68. The monoisotopic (exact) mass is 252 g/mol. The third kappa shape index (κ3) is 2.45. The zero-order chi connectivity index (χ0) is 11.7. The van der Waals surface area contributed by atoms with Gasteiger partial charge in [-0.25, -0.2) is 4.98 Å². The van der Waals surface area contributed by atoms with Crippen molar-refractivity contribution in [3.63, 3.8) is 0 Å². The van der Waals surface area contributed by atoms with Crippen LogP contribution in [0.2, 0.25) is 0 Å². The summed E-state index contributed by atoms with van der Waals surface area (Å²) < 4.78 is 4.32. The van der Waals surface area contributed by atoms with Gasteiger partial charge in [0.15, 0.2) is 0 Å². The highest BCUT2D eigenvalue weighted by atomic mass is 32.1. The molecule has 5 heteroatoms. The minimum Gasteiger partial charge on any atom is -0.357 e. The normalized spacial score (nSPS) is 29.2. The van der Waals surface area contributed by atoms with Gasteiger partial charge in [-0.3, -0.25) is 0 Å². The van der Waals surface area contributed by atoms with Gasteiger partial charge in [0.25, 0.3) is 0 Å². The molecule has 94 valence electrons. The van der Waals surface area contributed by atoms with Crippen LogP contribution < -0.4 is 5.32 Å². The Morgan fingerprint density at radius 3 is 3.18 bits per heavy atom. The van der Waals surface area contributed by atoms with Crippen molar-refractivity contribution in [1.29, 1.82) is 0 Å². The summed E-state index contributed by atoms with van der Waals surface area (Å²) in [5, 5.41) is 4.58. The molecule has 0 radical (unpaired) electrons. The molecule has 1 aromatic rings. The highest BCUT2D eigenvalue weighted by molar-refractivity contribution is 7.09. The lowest BCUT2D eigenvalue weighted by Crippen LogP contribution is -2.42. The van der Waals surface area contributed by atoms with Crippen molar-refractivity contribution < 1.29 is 0 Å². The molecule has 1 aromatic heterocycles. The van der Waals surface area contributed by atoms with Gasteiger partial charge in [-0.15, -0.1) is 0 Å². The Kier molecular flexibility index (Phi) is 3.29. The molecule has 2 atom stereocenters. The lowest BCUT2D eigenvalue weighted by atomic mass is 9.98. The maximum absolute atomic E-state index is 4.49. The summed E-state index contributed by atoms with van der Waals surface area (Å²) >= 11 is 1.51. The van der Waals surface area contributed by atoms with E-state index in [1.54, 1.807) is 0 Å². The first-order valence-corrected chi connectivity index (χ1v) is 7.45. The van der Waals surface area contributed by atoms with Crippen molar-refractivity contribution in [1.82, 2.24) is 14.3 Å². The largest absolute Gasteiger partial charge is 0.357 e. The number of aromatic nitrogens is 2. The van der Waals surface area contributed by atoms with Crippen LogP contribution in [0.15, 0.2) is 0 Å². The summed E-state index contributed by atoms with van der Waals surface area (Å²) in [5.41, 5.74) is 0. The Hall–Kier alpha value is -0.680. The summed E-state index contributed by atoms with van der Waals surface area (Å²) in [6, 6.07) is 1.42. The Morgan fingerprint density at radius 1 is 1.41 bits per heavy atom. The number of anilines is 1. The van der Waals surface area contributed by atoms with Crippen LogP contribution in [0.5, 0.6) is 0 Å². The number of hydrogen-bond donors (Lipinski definition) is 1. The number of piperidine rings is 1. The molecule has 4 nitrogen and oxygen atoms in total. The van der Waals surface area contributed by atoms with Crippen LogP contribution in [0.25, 0.3) is 0 Å². The molecule has 2 fully saturated rings. The van der Waals surface area contributed by atoms with Crippen LogP contribution in [0.1, 0.15) is 38.4 Å². The van der Waals surface area contributed by atoms with E-state index in [-0.39, 0.29) is 0 Å². The lowest BCUT2D eigenvalue weighted by molar-refractivity contribution is 0.188. The third-order valence-corrected chi connectivity index (χ3v) is 4.62.